The molecule has 0 aliphatic heterocycles. The number of aliphatic hydroxyl groups excluding tert-OH is 1. The summed E-state index contributed by atoms with van der Waals surface area (Å²) in [6.07, 6.45) is 3.00. The Balaban J connectivity index is 2.13. The van der Waals surface area contributed by atoms with E-state index in [1.807, 2.05) is 6.07 Å². The Bertz CT molecular complexity index is 369. The minimum absolute atomic E-state index is 0.105. The van der Waals surface area contributed by atoms with Gasteiger partial charge in [-0.2, -0.15) is 0 Å². The zero-order valence-corrected chi connectivity index (χ0v) is 9.54. The van der Waals surface area contributed by atoms with E-state index in [2.05, 4.69) is 12.2 Å². The SMILES string of the molecule is CC1CCC(CO)(Nc2cccc(F)c2)C1. The van der Waals surface area contributed by atoms with Gasteiger partial charge in [-0.15, -0.1) is 0 Å². The van der Waals surface area contributed by atoms with Gasteiger partial charge in [-0.25, -0.2) is 4.39 Å². The fourth-order valence-corrected chi connectivity index (χ4v) is 2.56. The lowest BCUT2D eigenvalue weighted by Crippen LogP contribution is -2.39. The number of nitrogens with one attached hydrogen (secondary N) is 1. The topological polar surface area (TPSA) is 32.3 Å². The highest BCUT2D eigenvalue weighted by Gasteiger charge is 2.36. The quantitative estimate of drug-likeness (QED) is 0.825. The molecule has 2 nitrogen and oxygen atoms in total. The first kappa shape index (κ1) is 11.4. The molecule has 1 aliphatic carbocycles. The third-order valence-electron chi connectivity index (χ3n) is 3.39. The summed E-state index contributed by atoms with van der Waals surface area (Å²) in [5.74, 6) is 0.373. The van der Waals surface area contributed by atoms with Crippen molar-refractivity contribution in [3.63, 3.8) is 0 Å². The van der Waals surface area contributed by atoms with E-state index in [1.165, 1.54) is 12.1 Å². The zero-order valence-electron chi connectivity index (χ0n) is 9.54. The number of hydrogen-bond acceptors (Lipinski definition) is 2. The molecule has 1 aromatic carbocycles. The number of rotatable bonds is 3. The van der Waals surface area contributed by atoms with Crippen molar-refractivity contribution in [3.8, 4) is 0 Å². The van der Waals surface area contributed by atoms with Crippen molar-refractivity contribution < 1.29 is 9.50 Å². The molecule has 1 saturated carbocycles. The summed E-state index contributed by atoms with van der Waals surface area (Å²) in [4.78, 5) is 0. The van der Waals surface area contributed by atoms with Crippen LogP contribution in [-0.2, 0) is 0 Å². The first-order valence-electron chi connectivity index (χ1n) is 5.78. The van der Waals surface area contributed by atoms with Crippen molar-refractivity contribution in [1.82, 2.24) is 0 Å². The number of halogens is 1. The van der Waals surface area contributed by atoms with E-state index in [0.717, 1.165) is 24.9 Å². The van der Waals surface area contributed by atoms with Gasteiger partial charge >= 0.3 is 0 Å². The molecule has 1 aliphatic rings. The lowest BCUT2D eigenvalue weighted by molar-refractivity contribution is 0.211. The first-order valence-corrected chi connectivity index (χ1v) is 5.78. The molecule has 0 saturated heterocycles. The molecule has 2 unspecified atom stereocenters. The van der Waals surface area contributed by atoms with E-state index >= 15 is 0 Å². The Morgan fingerprint density at radius 3 is 2.94 bits per heavy atom. The zero-order chi connectivity index (χ0) is 11.6. The highest BCUT2D eigenvalue weighted by atomic mass is 19.1. The number of anilines is 1. The monoisotopic (exact) mass is 223 g/mol. The lowest BCUT2D eigenvalue weighted by atomic mass is 9.97. The summed E-state index contributed by atoms with van der Waals surface area (Å²) in [5, 5.41) is 12.8. The van der Waals surface area contributed by atoms with Crippen LogP contribution in [-0.4, -0.2) is 17.3 Å². The molecular weight excluding hydrogens is 205 g/mol. The summed E-state index contributed by atoms with van der Waals surface area (Å²) >= 11 is 0. The summed E-state index contributed by atoms with van der Waals surface area (Å²) in [6, 6.07) is 6.42. The molecule has 0 spiro atoms. The van der Waals surface area contributed by atoms with Crippen LogP contribution in [0.15, 0.2) is 24.3 Å². The second-order valence-corrected chi connectivity index (χ2v) is 4.92. The van der Waals surface area contributed by atoms with Gasteiger partial charge in [0.05, 0.1) is 12.1 Å². The van der Waals surface area contributed by atoms with Gasteiger partial charge in [-0.3, -0.25) is 0 Å². The van der Waals surface area contributed by atoms with E-state index < -0.39 is 0 Å². The summed E-state index contributed by atoms with van der Waals surface area (Å²) in [6.45, 7) is 2.29. The summed E-state index contributed by atoms with van der Waals surface area (Å²) in [7, 11) is 0. The maximum absolute atomic E-state index is 13.0. The van der Waals surface area contributed by atoms with Crippen LogP contribution in [0, 0.1) is 11.7 Å². The molecule has 1 fully saturated rings. The standard InChI is InChI=1S/C13H18FNO/c1-10-5-6-13(8-10,9-16)15-12-4-2-3-11(14)7-12/h2-4,7,10,15-16H,5-6,8-9H2,1H3. The fourth-order valence-electron chi connectivity index (χ4n) is 2.56. The molecule has 0 amide bonds. The van der Waals surface area contributed by atoms with Gasteiger partial charge in [-0.05, 0) is 43.4 Å². The van der Waals surface area contributed by atoms with E-state index in [0.29, 0.717) is 5.92 Å². The van der Waals surface area contributed by atoms with E-state index in [4.69, 9.17) is 0 Å². The van der Waals surface area contributed by atoms with Gasteiger partial charge < -0.3 is 10.4 Å². The lowest BCUT2D eigenvalue weighted by Gasteiger charge is -2.29. The average molecular weight is 223 g/mol. The predicted molar refractivity (Wildman–Crippen MR) is 62.9 cm³/mol. The van der Waals surface area contributed by atoms with Gasteiger partial charge in [0, 0.05) is 5.69 Å². The van der Waals surface area contributed by atoms with Crippen LogP contribution < -0.4 is 5.32 Å². The van der Waals surface area contributed by atoms with Crippen LogP contribution in [0.3, 0.4) is 0 Å². The van der Waals surface area contributed by atoms with Gasteiger partial charge in [0.15, 0.2) is 0 Å². The van der Waals surface area contributed by atoms with E-state index in [-0.39, 0.29) is 18.0 Å². The van der Waals surface area contributed by atoms with Crippen LogP contribution in [0.2, 0.25) is 0 Å². The fraction of sp³-hybridized carbons (Fsp3) is 0.538. The van der Waals surface area contributed by atoms with Crippen LogP contribution in [0.1, 0.15) is 26.2 Å². The molecule has 0 bridgehead atoms. The molecule has 0 radical (unpaired) electrons. The molecule has 3 heteroatoms. The van der Waals surface area contributed by atoms with E-state index in [9.17, 15) is 9.50 Å². The molecule has 2 atom stereocenters. The Hall–Kier alpha value is -1.09. The van der Waals surface area contributed by atoms with Crippen molar-refractivity contribution >= 4 is 5.69 Å². The average Bonchev–Trinajstić information content (AvgIpc) is 2.61. The molecular formula is C13H18FNO. The molecule has 1 aromatic rings. The van der Waals surface area contributed by atoms with Crippen molar-refractivity contribution in [2.24, 2.45) is 5.92 Å². The smallest absolute Gasteiger partial charge is 0.125 e. The summed E-state index contributed by atoms with van der Waals surface area (Å²) in [5.41, 5.74) is 0.496. The van der Waals surface area contributed by atoms with Crippen LogP contribution in [0.4, 0.5) is 10.1 Å². The highest BCUT2D eigenvalue weighted by molar-refractivity contribution is 5.46. The van der Waals surface area contributed by atoms with Crippen molar-refractivity contribution in [1.29, 1.82) is 0 Å². The third kappa shape index (κ3) is 2.35. The highest BCUT2D eigenvalue weighted by Crippen LogP contribution is 2.36. The third-order valence-corrected chi connectivity index (χ3v) is 3.39. The minimum Gasteiger partial charge on any atom is -0.394 e. The van der Waals surface area contributed by atoms with Crippen molar-refractivity contribution in [2.45, 2.75) is 31.7 Å². The Morgan fingerprint density at radius 2 is 2.38 bits per heavy atom. The second-order valence-electron chi connectivity index (χ2n) is 4.92. The number of hydrogen-bond donors (Lipinski definition) is 2. The Morgan fingerprint density at radius 1 is 1.56 bits per heavy atom. The Labute approximate surface area is 95.5 Å². The van der Waals surface area contributed by atoms with Crippen molar-refractivity contribution in [2.75, 3.05) is 11.9 Å². The van der Waals surface area contributed by atoms with E-state index in [1.54, 1.807) is 6.07 Å². The molecule has 0 heterocycles. The van der Waals surface area contributed by atoms with Crippen LogP contribution in [0.5, 0.6) is 0 Å². The normalized spacial score (nSPS) is 29.3. The Kier molecular flexibility index (Phi) is 3.15. The molecule has 88 valence electrons. The minimum atomic E-state index is -0.257. The predicted octanol–water partition coefficient (Wildman–Crippen LogP) is 2.79. The van der Waals surface area contributed by atoms with Crippen molar-refractivity contribution in [3.05, 3.63) is 30.1 Å². The van der Waals surface area contributed by atoms with Gasteiger partial charge in [-0.1, -0.05) is 13.0 Å². The number of aliphatic hydroxyl groups is 1. The maximum Gasteiger partial charge on any atom is 0.125 e. The van der Waals surface area contributed by atoms with Crippen LogP contribution >= 0.6 is 0 Å². The molecule has 16 heavy (non-hydrogen) atoms. The largest absolute Gasteiger partial charge is 0.394 e. The maximum atomic E-state index is 13.0. The second kappa shape index (κ2) is 4.42. The molecule has 0 aromatic heterocycles. The first-order chi connectivity index (χ1) is 7.63. The van der Waals surface area contributed by atoms with Gasteiger partial charge in [0.2, 0.25) is 0 Å². The van der Waals surface area contributed by atoms with Gasteiger partial charge in [0.25, 0.3) is 0 Å². The van der Waals surface area contributed by atoms with Crippen LogP contribution in [0.25, 0.3) is 0 Å². The van der Waals surface area contributed by atoms with Gasteiger partial charge in [0.1, 0.15) is 5.82 Å². The number of benzene rings is 1. The summed E-state index contributed by atoms with van der Waals surface area (Å²) < 4.78 is 13.0. The molecule has 2 N–H and O–H groups in total. The molecule has 2 rings (SSSR count).